The lowest BCUT2D eigenvalue weighted by Crippen LogP contribution is -2.48. The third-order valence-corrected chi connectivity index (χ3v) is 8.40. The van der Waals surface area contributed by atoms with Gasteiger partial charge in [-0.1, -0.05) is 38.1 Å². The van der Waals surface area contributed by atoms with E-state index >= 15 is 0 Å². The number of nitrogens with one attached hydrogen (secondary N) is 1. The Morgan fingerprint density at radius 3 is 2.56 bits per heavy atom. The number of hydrogen-bond acceptors (Lipinski definition) is 4. The standard InChI is InChI=1S/C31H39N5/c1-21(2)20-35-14-11-25(12-15-35)36-16-9-23(10-17-36)24-18-22(3)30-29(19-24)33-31(34-30)27-6-4-8-28-26(27)7-5-13-32-28/h4-8,13,18-19,21,23,25H,9-12,14-17,20H2,1-3H3,(H,33,34). The van der Waals surface area contributed by atoms with Crippen LogP contribution < -0.4 is 0 Å². The molecule has 2 saturated heterocycles. The maximum Gasteiger partial charge on any atom is 0.139 e. The fourth-order valence-corrected chi connectivity index (χ4v) is 6.57. The number of aromatic amines is 1. The van der Waals surface area contributed by atoms with Crippen molar-refractivity contribution in [1.29, 1.82) is 0 Å². The number of pyridine rings is 1. The molecular formula is C31H39N5. The van der Waals surface area contributed by atoms with Crippen LogP contribution in [-0.2, 0) is 0 Å². The molecule has 5 heteroatoms. The largest absolute Gasteiger partial charge is 0.338 e. The van der Waals surface area contributed by atoms with Crippen molar-refractivity contribution in [2.75, 3.05) is 32.7 Å². The summed E-state index contributed by atoms with van der Waals surface area (Å²) in [6, 6.07) is 15.9. The molecule has 0 bridgehead atoms. The third kappa shape index (κ3) is 4.67. The molecule has 0 unspecified atom stereocenters. The van der Waals surface area contributed by atoms with E-state index in [1.807, 2.05) is 12.3 Å². The minimum atomic E-state index is 0.638. The summed E-state index contributed by atoms with van der Waals surface area (Å²) < 4.78 is 0. The molecule has 0 aliphatic carbocycles. The van der Waals surface area contributed by atoms with Gasteiger partial charge in [-0.3, -0.25) is 4.98 Å². The molecule has 0 atom stereocenters. The SMILES string of the molecule is Cc1cc(C2CCN(C3CCN(CC(C)C)CC3)CC2)cc2[nH]c(-c3cccc4ncccc34)nc12. The van der Waals surface area contributed by atoms with E-state index in [4.69, 9.17) is 4.98 Å². The van der Waals surface area contributed by atoms with Gasteiger partial charge in [0.15, 0.2) is 0 Å². The molecule has 36 heavy (non-hydrogen) atoms. The summed E-state index contributed by atoms with van der Waals surface area (Å²) in [6.07, 6.45) is 7.04. The van der Waals surface area contributed by atoms with Crippen LogP contribution in [0.3, 0.4) is 0 Å². The Morgan fingerprint density at radius 2 is 1.78 bits per heavy atom. The zero-order chi connectivity index (χ0) is 24.6. The average Bonchev–Trinajstić information content (AvgIpc) is 3.33. The van der Waals surface area contributed by atoms with E-state index < -0.39 is 0 Å². The molecule has 0 radical (unpaired) electrons. The lowest BCUT2D eigenvalue weighted by Gasteiger charge is -2.42. The van der Waals surface area contributed by atoms with Gasteiger partial charge in [0.1, 0.15) is 5.82 Å². The number of likely N-dealkylation sites (tertiary alicyclic amines) is 2. The van der Waals surface area contributed by atoms with E-state index in [1.165, 1.54) is 69.5 Å². The van der Waals surface area contributed by atoms with Crippen LogP contribution in [0.4, 0.5) is 0 Å². The normalized spacial score (nSPS) is 19.1. The van der Waals surface area contributed by atoms with Gasteiger partial charge >= 0.3 is 0 Å². The topological polar surface area (TPSA) is 48.0 Å². The van der Waals surface area contributed by atoms with Crippen molar-refractivity contribution in [1.82, 2.24) is 24.8 Å². The van der Waals surface area contributed by atoms with Crippen LogP contribution in [-0.4, -0.2) is 63.5 Å². The van der Waals surface area contributed by atoms with E-state index in [-0.39, 0.29) is 0 Å². The van der Waals surface area contributed by atoms with Crippen LogP contribution in [0.25, 0.3) is 33.3 Å². The fourth-order valence-electron chi connectivity index (χ4n) is 6.57. The summed E-state index contributed by atoms with van der Waals surface area (Å²) in [5.41, 5.74) is 7.10. The summed E-state index contributed by atoms with van der Waals surface area (Å²) in [5, 5.41) is 1.14. The van der Waals surface area contributed by atoms with Gasteiger partial charge in [-0.25, -0.2) is 4.98 Å². The van der Waals surface area contributed by atoms with Gasteiger partial charge < -0.3 is 14.8 Å². The molecule has 1 N–H and O–H groups in total. The van der Waals surface area contributed by atoms with Crippen molar-refractivity contribution in [2.45, 2.75) is 58.4 Å². The van der Waals surface area contributed by atoms with Crippen molar-refractivity contribution in [3.8, 4) is 11.4 Å². The predicted octanol–water partition coefficient (Wildman–Crippen LogP) is 6.39. The second-order valence-corrected chi connectivity index (χ2v) is 11.4. The summed E-state index contributed by atoms with van der Waals surface area (Å²) in [4.78, 5) is 18.6. The molecule has 2 aromatic carbocycles. The number of nitrogens with zero attached hydrogens (tertiary/aromatic N) is 4. The van der Waals surface area contributed by atoms with Gasteiger partial charge in [-0.2, -0.15) is 0 Å². The quantitative estimate of drug-likeness (QED) is 0.359. The second-order valence-electron chi connectivity index (χ2n) is 11.4. The molecule has 2 aliphatic rings. The van der Waals surface area contributed by atoms with Gasteiger partial charge in [0, 0.05) is 29.7 Å². The molecule has 2 fully saturated rings. The zero-order valence-electron chi connectivity index (χ0n) is 22.0. The number of hydrogen-bond donors (Lipinski definition) is 1. The van der Waals surface area contributed by atoms with Crippen molar-refractivity contribution in [3.05, 3.63) is 59.8 Å². The van der Waals surface area contributed by atoms with E-state index in [9.17, 15) is 0 Å². The highest BCUT2D eigenvalue weighted by Gasteiger charge is 2.29. The van der Waals surface area contributed by atoms with Gasteiger partial charge in [0.05, 0.1) is 16.6 Å². The summed E-state index contributed by atoms with van der Waals surface area (Å²) in [7, 11) is 0. The van der Waals surface area contributed by atoms with E-state index in [0.717, 1.165) is 45.3 Å². The van der Waals surface area contributed by atoms with Gasteiger partial charge in [0.2, 0.25) is 0 Å². The average molecular weight is 482 g/mol. The van der Waals surface area contributed by atoms with Gasteiger partial charge in [-0.05, 0) is 99.9 Å². The monoisotopic (exact) mass is 481 g/mol. The molecule has 2 aliphatic heterocycles. The van der Waals surface area contributed by atoms with E-state index in [2.05, 4.69) is 76.9 Å². The summed E-state index contributed by atoms with van der Waals surface area (Å²) >= 11 is 0. The van der Waals surface area contributed by atoms with E-state index in [0.29, 0.717) is 5.92 Å². The smallest absolute Gasteiger partial charge is 0.139 e. The minimum Gasteiger partial charge on any atom is -0.338 e. The second kappa shape index (κ2) is 9.95. The summed E-state index contributed by atoms with van der Waals surface area (Å²) in [5.74, 6) is 2.34. The van der Waals surface area contributed by atoms with E-state index in [1.54, 1.807) is 0 Å². The molecule has 4 heterocycles. The fraction of sp³-hybridized carbons (Fsp3) is 0.484. The first-order valence-corrected chi connectivity index (χ1v) is 13.9. The number of imidazole rings is 1. The maximum absolute atomic E-state index is 5.02. The Hall–Kier alpha value is -2.76. The molecule has 0 saturated carbocycles. The molecule has 5 nitrogen and oxygen atoms in total. The number of aryl methyl sites for hydroxylation is 1. The van der Waals surface area contributed by atoms with Crippen LogP contribution in [0.1, 0.15) is 56.6 Å². The molecule has 0 spiro atoms. The van der Waals surface area contributed by atoms with Crippen molar-refractivity contribution in [3.63, 3.8) is 0 Å². The highest BCUT2D eigenvalue weighted by molar-refractivity contribution is 5.95. The maximum atomic E-state index is 5.02. The highest BCUT2D eigenvalue weighted by Crippen LogP contribution is 2.34. The van der Waals surface area contributed by atoms with Gasteiger partial charge in [-0.15, -0.1) is 0 Å². The van der Waals surface area contributed by atoms with Crippen LogP contribution in [0, 0.1) is 12.8 Å². The predicted molar refractivity (Wildman–Crippen MR) is 149 cm³/mol. The highest BCUT2D eigenvalue weighted by atomic mass is 15.2. The summed E-state index contributed by atoms with van der Waals surface area (Å²) in [6.45, 7) is 13.1. The Balaban J connectivity index is 1.16. The number of piperidine rings is 2. The molecule has 188 valence electrons. The molecular weight excluding hydrogens is 442 g/mol. The van der Waals surface area contributed by atoms with Crippen LogP contribution in [0.15, 0.2) is 48.7 Å². The number of rotatable bonds is 5. The van der Waals surface area contributed by atoms with Crippen LogP contribution >= 0.6 is 0 Å². The minimum absolute atomic E-state index is 0.638. The Bertz CT molecular complexity index is 1330. The number of aromatic nitrogens is 3. The molecule has 4 aromatic rings. The molecule has 0 amide bonds. The lowest BCUT2D eigenvalue weighted by molar-refractivity contribution is 0.0828. The first-order valence-electron chi connectivity index (χ1n) is 13.9. The van der Waals surface area contributed by atoms with Crippen molar-refractivity contribution in [2.24, 2.45) is 5.92 Å². The van der Waals surface area contributed by atoms with Gasteiger partial charge in [0.25, 0.3) is 0 Å². The number of fused-ring (bicyclic) bond motifs is 2. The van der Waals surface area contributed by atoms with Crippen LogP contribution in [0.2, 0.25) is 0 Å². The lowest BCUT2D eigenvalue weighted by atomic mass is 9.87. The molecule has 2 aromatic heterocycles. The Labute approximate surface area is 214 Å². The molecule has 6 rings (SSSR count). The Morgan fingerprint density at radius 1 is 0.972 bits per heavy atom. The number of benzene rings is 2. The first-order chi connectivity index (χ1) is 17.5. The van der Waals surface area contributed by atoms with Crippen molar-refractivity contribution < 1.29 is 0 Å². The Kier molecular flexibility index (Phi) is 6.53. The first kappa shape index (κ1) is 23.6. The van der Waals surface area contributed by atoms with Crippen molar-refractivity contribution >= 4 is 21.9 Å². The number of H-pyrrole nitrogens is 1. The van der Waals surface area contributed by atoms with Crippen LogP contribution in [0.5, 0.6) is 0 Å². The third-order valence-electron chi connectivity index (χ3n) is 8.40. The zero-order valence-corrected chi connectivity index (χ0v) is 22.0.